The van der Waals surface area contributed by atoms with Crippen LogP contribution in [0.15, 0.2) is 84.9 Å². The second-order valence-electron chi connectivity index (χ2n) is 7.82. The van der Waals surface area contributed by atoms with Gasteiger partial charge in [-0.2, -0.15) is 0 Å². The lowest BCUT2D eigenvalue weighted by atomic mass is 10.0. The van der Waals surface area contributed by atoms with Gasteiger partial charge in [0.25, 0.3) is 0 Å². The van der Waals surface area contributed by atoms with Crippen LogP contribution >= 0.6 is 0 Å². The number of fused-ring (bicyclic) bond motifs is 1. The Kier molecular flexibility index (Phi) is 7.63. The molecule has 4 aromatic carbocycles. The quantitative estimate of drug-likeness (QED) is 0.217. The molecule has 0 saturated heterocycles. The molecule has 0 atom stereocenters. The lowest BCUT2D eigenvalue weighted by molar-refractivity contribution is -0.131. The summed E-state index contributed by atoms with van der Waals surface area (Å²) in [6.07, 6.45) is 0. The SMILES string of the molecule is CCOC(=O)c1cc(OC(C)=O)c2c(OCc3ccccc3)ccc(OCc3ccccc3)c2c1. The van der Waals surface area contributed by atoms with E-state index in [4.69, 9.17) is 18.9 Å². The third kappa shape index (κ3) is 5.98. The molecule has 0 fully saturated rings. The highest BCUT2D eigenvalue weighted by molar-refractivity contribution is 6.04. The van der Waals surface area contributed by atoms with Crippen molar-refractivity contribution in [3.05, 3.63) is 102 Å². The van der Waals surface area contributed by atoms with Crippen molar-refractivity contribution in [1.29, 1.82) is 0 Å². The molecule has 0 amide bonds. The van der Waals surface area contributed by atoms with Crippen LogP contribution in [0.25, 0.3) is 10.8 Å². The zero-order valence-electron chi connectivity index (χ0n) is 19.7. The monoisotopic (exact) mass is 470 g/mol. The van der Waals surface area contributed by atoms with Crippen molar-refractivity contribution in [3.8, 4) is 17.2 Å². The summed E-state index contributed by atoms with van der Waals surface area (Å²) in [5.74, 6) is 0.189. The highest BCUT2D eigenvalue weighted by Gasteiger charge is 2.20. The van der Waals surface area contributed by atoms with Crippen molar-refractivity contribution < 1.29 is 28.5 Å². The zero-order chi connectivity index (χ0) is 24.6. The third-order valence-corrected chi connectivity index (χ3v) is 5.24. The predicted octanol–water partition coefficient (Wildman–Crippen LogP) is 6.10. The summed E-state index contributed by atoms with van der Waals surface area (Å²) in [6.45, 7) is 3.91. The summed E-state index contributed by atoms with van der Waals surface area (Å²) >= 11 is 0. The van der Waals surface area contributed by atoms with Gasteiger partial charge in [0, 0.05) is 12.3 Å². The summed E-state index contributed by atoms with van der Waals surface area (Å²) in [6, 6.07) is 26.2. The van der Waals surface area contributed by atoms with Gasteiger partial charge < -0.3 is 18.9 Å². The number of esters is 2. The first kappa shape index (κ1) is 23.8. The zero-order valence-corrected chi connectivity index (χ0v) is 19.7. The molecule has 0 aliphatic heterocycles. The molecule has 0 bridgehead atoms. The van der Waals surface area contributed by atoms with Crippen molar-refractivity contribution in [2.45, 2.75) is 27.1 Å². The van der Waals surface area contributed by atoms with E-state index in [1.165, 1.54) is 13.0 Å². The third-order valence-electron chi connectivity index (χ3n) is 5.24. The van der Waals surface area contributed by atoms with Gasteiger partial charge in [-0.15, -0.1) is 0 Å². The maximum Gasteiger partial charge on any atom is 0.338 e. The fraction of sp³-hybridized carbons (Fsp3) is 0.172. The van der Waals surface area contributed by atoms with E-state index in [9.17, 15) is 9.59 Å². The molecule has 0 aliphatic carbocycles. The van der Waals surface area contributed by atoms with Crippen molar-refractivity contribution >= 4 is 22.7 Å². The number of carbonyl (C=O) groups excluding carboxylic acids is 2. The minimum Gasteiger partial charge on any atom is -0.488 e. The van der Waals surface area contributed by atoms with E-state index in [0.717, 1.165) is 11.1 Å². The van der Waals surface area contributed by atoms with Crippen LogP contribution in [0.2, 0.25) is 0 Å². The number of benzene rings is 4. The van der Waals surface area contributed by atoms with Gasteiger partial charge in [0.2, 0.25) is 0 Å². The second-order valence-corrected chi connectivity index (χ2v) is 7.82. The molecule has 0 spiro atoms. The fourth-order valence-electron chi connectivity index (χ4n) is 3.67. The van der Waals surface area contributed by atoms with Gasteiger partial charge in [0.15, 0.2) is 0 Å². The fourth-order valence-corrected chi connectivity index (χ4v) is 3.67. The number of rotatable bonds is 9. The molecule has 6 heteroatoms. The van der Waals surface area contributed by atoms with E-state index >= 15 is 0 Å². The number of ether oxygens (including phenoxy) is 4. The van der Waals surface area contributed by atoms with Crippen molar-refractivity contribution in [3.63, 3.8) is 0 Å². The molecule has 178 valence electrons. The van der Waals surface area contributed by atoms with Crippen molar-refractivity contribution in [2.24, 2.45) is 0 Å². The topological polar surface area (TPSA) is 71.1 Å². The average molecular weight is 471 g/mol. The molecule has 0 aromatic heterocycles. The van der Waals surface area contributed by atoms with Crippen LogP contribution in [0.4, 0.5) is 0 Å². The van der Waals surface area contributed by atoms with Gasteiger partial charge in [-0.25, -0.2) is 4.79 Å². The minimum absolute atomic E-state index is 0.200. The molecule has 0 heterocycles. The van der Waals surface area contributed by atoms with E-state index in [1.807, 2.05) is 60.7 Å². The molecule has 4 aromatic rings. The predicted molar refractivity (Wildman–Crippen MR) is 133 cm³/mol. The standard InChI is InChI=1S/C29H26O6/c1-3-32-29(31)23-16-24-25(33-18-21-10-6-4-7-11-21)14-15-26(28(24)27(17-23)35-20(2)30)34-19-22-12-8-5-9-13-22/h4-17H,3,18-19H2,1-2H3. The first-order valence-corrected chi connectivity index (χ1v) is 11.3. The highest BCUT2D eigenvalue weighted by atomic mass is 16.5. The Morgan fingerprint density at radius 2 is 1.29 bits per heavy atom. The molecule has 0 aliphatic rings. The maximum absolute atomic E-state index is 12.6. The van der Waals surface area contributed by atoms with Crippen LogP contribution in [0, 0.1) is 0 Å². The van der Waals surface area contributed by atoms with Gasteiger partial charge in [-0.3, -0.25) is 4.79 Å². The Balaban J connectivity index is 1.81. The van der Waals surface area contributed by atoms with Crippen LogP contribution in [0.5, 0.6) is 17.2 Å². The van der Waals surface area contributed by atoms with Crippen LogP contribution in [0.3, 0.4) is 0 Å². The summed E-state index contributed by atoms with van der Waals surface area (Å²) in [5.41, 5.74) is 2.23. The maximum atomic E-state index is 12.6. The van der Waals surface area contributed by atoms with Gasteiger partial charge >= 0.3 is 11.9 Å². The van der Waals surface area contributed by atoms with Gasteiger partial charge in [-0.05, 0) is 42.3 Å². The largest absolute Gasteiger partial charge is 0.488 e. The summed E-state index contributed by atoms with van der Waals surface area (Å²) < 4.78 is 23.0. The first-order valence-electron chi connectivity index (χ1n) is 11.3. The smallest absolute Gasteiger partial charge is 0.338 e. The molecule has 4 rings (SSSR count). The van der Waals surface area contributed by atoms with Crippen LogP contribution in [-0.4, -0.2) is 18.5 Å². The Bertz CT molecular complexity index is 1320. The van der Waals surface area contributed by atoms with Crippen LogP contribution < -0.4 is 14.2 Å². The molecule has 0 unspecified atom stereocenters. The normalized spacial score (nSPS) is 10.6. The highest BCUT2D eigenvalue weighted by Crippen LogP contribution is 2.41. The molecule has 6 nitrogen and oxygen atoms in total. The van der Waals surface area contributed by atoms with E-state index in [1.54, 1.807) is 25.1 Å². The number of hydrogen-bond donors (Lipinski definition) is 0. The minimum atomic E-state index is -0.521. The molecule has 0 radical (unpaired) electrons. The number of hydrogen-bond acceptors (Lipinski definition) is 6. The second kappa shape index (κ2) is 11.2. The Morgan fingerprint density at radius 1 is 0.714 bits per heavy atom. The average Bonchev–Trinajstić information content (AvgIpc) is 2.87. The Morgan fingerprint density at radius 3 is 1.86 bits per heavy atom. The number of carbonyl (C=O) groups is 2. The van der Waals surface area contributed by atoms with Crippen LogP contribution in [0.1, 0.15) is 35.3 Å². The van der Waals surface area contributed by atoms with Crippen molar-refractivity contribution in [2.75, 3.05) is 6.61 Å². The molecule has 35 heavy (non-hydrogen) atoms. The van der Waals surface area contributed by atoms with Crippen molar-refractivity contribution in [1.82, 2.24) is 0 Å². The first-order chi connectivity index (χ1) is 17.0. The lowest BCUT2D eigenvalue weighted by Crippen LogP contribution is -2.08. The van der Waals surface area contributed by atoms with Gasteiger partial charge in [-0.1, -0.05) is 60.7 Å². The summed E-state index contributed by atoms with van der Waals surface area (Å²) in [5, 5.41) is 1.11. The summed E-state index contributed by atoms with van der Waals surface area (Å²) in [4.78, 5) is 24.5. The molecule has 0 N–H and O–H groups in total. The van der Waals surface area contributed by atoms with Gasteiger partial charge in [0.1, 0.15) is 30.5 Å². The van der Waals surface area contributed by atoms with Gasteiger partial charge in [0.05, 0.1) is 17.6 Å². The van der Waals surface area contributed by atoms with E-state index in [-0.39, 0.29) is 17.9 Å². The van der Waals surface area contributed by atoms with E-state index < -0.39 is 11.9 Å². The van der Waals surface area contributed by atoms with E-state index in [2.05, 4.69) is 0 Å². The van der Waals surface area contributed by atoms with E-state index in [0.29, 0.717) is 35.5 Å². The van der Waals surface area contributed by atoms with Crippen LogP contribution in [-0.2, 0) is 22.7 Å². The summed E-state index contributed by atoms with van der Waals surface area (Å²) in [7, 11) is 0. The Labute approximate surface area is 204 Å². The lowest BCUT2D eigenvalue weighted by Gasteiger charge is -2.17. The molecule has 0 saturated carbocycles. The Hall–Kier alpha value is -4.32. The molecular formula is C29H26O6. The molecular weight excluding hydrogens is 444 g/mol.